The molecule has 1 aromatic heterocycles. The molecule has 1 fully saturated rings. The fourth-order valence-electron chi connectivity index (χ4n) is 2.57. The number of amides is 1. The van der Waals surface area contributed by atoms with Gasteiger partial charge in [-0.1, -0.05) is 18.2 Å². The lowest BCUT2D eigenvalue weighted by Crippen LogP contribution is -2.51. The lowest BCUT2D eigenvalue weighted by atomic mass is 10.00. The highest BCUT2D eigenvalue weighted by atomic mass is 32.1. The molecule has 3 nitrogen and oxygen atoms in total. The second-order valence-electron chi connectivity index (χ2n) is 5.11. The quantitative estimate of drug-likeness (QED) is 0.884. The third-order valence-corrected chi connectivity index (χ3v) is 4.84. The van der Waals surface area contributed by atoms with Gasteiger partial charge in [-0.2, -0.15) is 0 Å². The van der Waals surface area contributed by atoms with Crippen LogP contribution in [0.25, 0.3) is 10.1 Å². The molecular weight excluding hydrogens is 256 g/mol. The molecule has 1 aromatic carbocycles. The van der Waals surface area contributed by atoms with Crippen LogP contribution in [0.1, 0.15) is 29.4 Å². The summed E-state index contributed by atoms with van der Waals surface area (Å²) in [6.45, 7) is 3.19. The van der Waals surface area contributed by atoms with Crippen LogP contribution in [0.5, 0.6) is 0 Å². The van der Waals surface area contributed by atoms with E-state index >= 15 is 0 Å². The topological polar surface area (TPSA) is 41.1 Å². The largest absolute Gasteiger partial charge is 0.347 e. The molecule has 3 rings (SSSR count). The molecule has 0 radical (unpaired) electrons. The molecule has 0 bridgehead atoms. The van der Waals surface area contributed by atoms with Gasteiger partial charge >= 0.3 is 0 Å². The van der Waals surface area contributed by atoms with Gasteiger partial charge < -0.3 is 10.6 Å². The van der Waals surface area contributed by atoms with Crippen molar-refractivity contribution in [1.29, 1.82) is 0 Å². The Bertz CT molecular complexity index is 560. The molecule has 2 unspecified atom stereocenters. The second-order valence-corrected chi connectivity index (χ2v) is 6.20. The lowest BCUT2D eigenvalue weighted by molar-refractivity contribution is 0.0924. The number of fused-ring (bicyclic) bond motifs is 1. The van der Waals surface area contributed by atoms with Crippen molar-refractivity contribution >= 4 is 27.3 Å². The third kappa shape index (κ3) is 2.65. The summed E-state index contributed by atoms with van der Waals surface area (Å²) < 4.78 is 1.17. The Morgan fingerprint density at radius 3 is 3.05 bits per heavy atom. The summed E-state index contributed by atoms with van der Waals surface area (Å²) in [4.78, 5) is 13.1. The second kappa shape index (κ2) is 5.31. The molecule has 1 aliphatic heterocycles. The first kappa shape index (κ1) is 12.6. The summed E-state index contributed by atoms with van der Waals surface area (Å²) in [5.41, 5.74) is 0. The van der Waals surface area contributed by atoms with E-state index in [-0.39, 0.29) is 11.9 Å². The van der Waals surface area contributed by atoms with Gasteiger partial charge in [-0.15, -0.1) is 11.3 Å². The van der Waals surface area contributed by atoms with Gasteiger partial charge in [-0.05, 0) is 43.8 Å². The van der Waals surface area contributed by atoms with Gasteiger partial charge in [-0.3, -0.25) is 4.79 Å². The Labute approximate surface area is 117 Å². The van der Waals surface area contributed by atoms with E-state index in [1.165, 1.54) is 4.70 Å². The van der Waals surface area contributed by atoms with Crippen molar-refractivity contribution in [2.75, 3.05) is 6.54 Å². The van der Waals surface area contributed by atoms with E-state index in [4.69, 9.17) is 0 Å². The van der Waals surface area contributed by atoms with Crippen molar-refractivity contribution in [3.05, 3.63) is 35.2 Å². The first-order valence-electron chi connectivity index (χ1n) is 6.77. The Kier molecular flexibility index (Phi) is 3.53. The molecule has 19 heavy (non-hydrogen) atoms. The molecule has 1 saturated heterocycles. The van der Waals surface area contributed by atoms with E-state index in [2.05, 4.69) is 23.6 Å². The molecule has 2 N–H and O–H groups in total. The molecule has 0 aliphatic carbocycles. The summed E-state index contributed by atoms with van der Waals surface area (Å²) in [7, 11) is 0. The van der Waals surface area contributed by atoms with Crippen molar-refractivity contribution in [2.24, 2.45) is 0 Å². The van der Waals surface area contributed by atoms with Crippen LogP contribution < -0.4 is 10.6 Å². The fraction of sp³-hybridized carbons (Fsp3) is 0.400. The van der Waals surface area contributed by atoms with E-state index in [1.54, 1.807) is 11.3 Å². The highest BCUT2D eigenvalue weighted by Crippen LogP contribution is 2.25. The van der Waals surface area contributed by atoms with Gasteiger partial charge in [0.1, 0.15) is 0 Å². The minimum Gasteiger partial charge on any atom is -0.347 e. The first-order chi connectivity index (χ1) is 9.24. The maximum Gasteiger partial charge on any atom is 0.261 e. The van der Waals surface area contributed by atoms with Crippen LogP contribution in [0, 0.1) is 0 Å². The van der Waals surface area contributed by atoms with E-state index in [9.17, 15) is 4.79 Å². The summed E-state index contributed by atoms with van der Waals surface area (Å²) >= 11 is 1.56. The third-order valence-electron chi connectivity index (χ3n) is 3.73. The number of piperidine rings is 1. The van der Waals surface area contributed by atoms with E-state index < -0.39 is 0 Å². The Morgan fingerprint density at radius 2 is 2.26 bits per heavy atom. The number of carbonyl (C=O) groups is 1. The smallest absolute Gasteiger partial charge is 0.261 e. The molecule has 2 aromatic rings. The Morgan fingerprint density at radius 1 is 1.42 bits per heavy atom. The zero-order chi connectivity index (χ0) is 13.2. The number of nitrogens with one attached hydrogen (secondary N) is 2. The van der Waals surface area contributed by atoms with Gasteiger partial charge in [-0.25, -0.2) is 0 Å². The number of hydrogen-bond donors (Lipinski definition) is 2. The Balaban J connectivity index is 1.76. The summed E-state index contributed by atoms with van der Waals surface area (Å²) in [5.74, 6) is 0.0572. The SMILES string of the molecule is CC1NCCCC1NC(=O)c1cc2ccccc2s1. The maximum absolute atomic E-state index is 12.3. The fourth-order valence-corrected chi connectivity index (χ4v) is 3.54. The van der Waals surface area contributed by atoms with Crippen LogP contribution in [-0.2, 0) is 0 Å². The normalized spacial score (nSPS) is 23.4. The van der Waals surface area contributed by atoms with Crippen LogP contribution in [0.4, 0.5) is 0 Å². The average Bonchev–Trinajstić information content (AvgIpc) is 2.85. The van der Waals surface area contributed by atoms with Gasteiger partial charge in [0.25, 0.3) is 5.91 Å². The van der Waals surface area contributed by atoms with Crippen LogP contribution >= 0.6 is 11.3 Å². The van der Waals surface area contributed by atoms with Crippen molar-refractivity contribution in [3.63, 3.8) is 0 Å². The summed E-state index contributed by atoms with van der Waals surface area (Å²) in [5, 5.41) is 7.70. The molecule has 1 aliphatic rings. The van der Waals surface area contributed by atoms with Crippen molar-refractivity contribution < 1.29 is 4.79 Å². The first-order valence-corrected chi connectivity index (χ1v) is 7.58. The van der Waals surface area contributed by atoms with Crippen LogP contribution in [-0.4, -0.2) is 24.5 Å². The molecule has 4 heteroatoms. The lowest BCUT2D eigenvalue weighted by Gasteiger charge is -2.30. The zero-order valence-electron chi connectivity index (χ0n) is 11.0. The highest BCUT2D eigenvalue weighted by molar-refractivity contribution is 7.20. The molecule has 0 spiro atoms. The predicted octanol–water partition coefficient (Wildman–Crippen LogP) is 2.77. The van der Waals surface area contributed by atoms with Crippen molar-refractivity contribution in [2.45, 2.75) is 31.8 Å². The standard InChI is InChI=1S/C15H18N2OS/c1-10-12(6-4-8-16-10)17-15(18)14-9-11-5-2-3-7-13(11)19-14/h2-3,5,7,9-10,12,16H,4,6,8H2,1H3,(H,17,18). The monoisotopic (exact) mass is 274 g/mol. The van der Waals surface area contributed by atoms with Gasteiger partial charge in [0.05, 0.1) is 4.88 Å². The molecule has 1 amide bonds. The number of hydrogen-bond acceptors (Lipinski definition) is 3. The van der Waals surface area contributed by atoms with E-state index in [0.717, 1.165) is 29.6 Å². The predicted molar refractivity (Wildman–Crippen MR) is 79.8 cm³/mol. The molecule has 0 saturated carbocycles. The maximum atomic E-state index is 12.3. The molecular formula is C15H18N2OS. The van der Waals surface area contributed by atoms with Crippen molar-refractivity contribution in [1.82, 2.24) is 10.6 Å². The van der Waals surface area contributed by atoms with E-state index in [0.29, 0.717) is 6.04 Å². The molecule has 2 atom stereocenters. The average molecular weight is 274 g/mol. The molecule has 2 heterocycles. The number of thiophene rings is 1. The molecule has 100 valence electrons. The highest BCUT2D eigenvalue weighted by Gasteiger charge is 2.23. The summed E-state index contributed by atoms with van der Waals surface area (Å²) in [6.07, 6.45) is 2.19. The van der Waals surface area contributed by atoms with E-state index in [1.807, 2.05) is 24.3 Å². The van der Waals surface area contributed by atoms with Gasteiger partial charge in [0.2, 0.25) is 0 Å². The zero-order valence-corrected chi connectivity index (χ0v) is 11.8. The van der Waals surface area contributed by atoms with Crippen molar-refractivity contribution in [3.8, 4) is 0 Å². The van der Waals surface area contributed by atoms with Crippen LogP contribution in [0.2, 0.25) is 0 Å². The minimum atomic E-state index is 0.0572. The van der Waals surface area contributed by atoms with Gasteiger partial charge in [0.15, 0.2) is 0 Å². The minimum absolute atomic E-state index is 0.0572. The number of rotatable bonds is 2. The van der Waals surface area contributed by atoms with Crippen LogP contribution in [0.15, 0.2) is 30.3 Å². The van der Waals surface area contributed by atoms with Crippen LogP contribution in [0.3, 0.4) is 0 Å². The number of carbonyl (C=O) groups excluding carboxylic acids is 1. The Hall–Kier alpha value is -1.39. The summed E-state index contributed by atoms with van der Waals surface area (Å²) in [6, 6.07) is 10.7. The number of benzene rings is 1. The van der Waals surface area contributed by atoms with Gasteiger partial charge in [0, 0.05) is 16.8 Å².